The highest BCUT2D eigenvalue weighted by atomic mass is 32.2. The van der Waals surface area contributed by atoms with Crippen LogP contribution < -0.4 is 15.1 Å². The van der Waals surface area contributed by atoms with Crippen LogP contribution >= 0.6 is 11.8 Å². The summed E-state index contributed by atoms with van der Waals surface area (Å²) < 4.78 is 42.5. The Morgan fingerprint density at radius 3 is 2.62 bits per heavy atom. The number of aliphatic hydroxyl groups is 1. The molecule has 214 valence electrons. The Kier molecular flexibility index (Phi) is 7.43. The lowest BCUT2D eigenvalue weighted by molar-refractivity contribution is -0.274. The number of aliphatic imine (C=N–C) groups is 1. The van der Waals surface area contributed by atoms with Gasteiger partial charge < -0.3 is 9.84 Å². The Bertz CT molecular complexity index is 1670. The molecule has 3 heterocycles. The van der Waals surface area contributed by atoms with Crippen LogP contribution in [0, 0.1) is 0 Å². The number of allylic oxidation sites excluding steroid dienone is 1. The van der Waals surface area contributed by atoms with Crippen LogP contribution in [0.25, 0.3) is 17.1 Å². The van der Waals surface area contributed by atoms with Gasteiger partial charge >= 0.3 is 6.36 Å². The number of aliphatic hydroxyl groups excluding tert-OH is 1. The first-order valence-corrected chi connectivity index (χ1v) is 13.9. The summed E-state index contributed by atoms with van der Waals surface area (Å²) in [5.41, 5.74) is 8.14. The van der Waals surface area contributed by atoms with Gasteiger partial charge in [0.1, 0.15) is 12.1 Å². The molecule has 1 aromatic heterocycles. The molecule has 3 aromatic carbocycles. The van der Waals surface area contributed by atoms with E-state index in [1.54, 1.807) is 18.0 Å². The van der Waals surface area contributed by atoms with Crippen LogP contribution in [-0.4, -0.2) is 49.7 Å². The van der Waals surface area contributed by atoms with Gasteiger partial charge in [-0.3, -0.25) is 10.3 Å². The SMILES string of the molecule is CC1C=C2CS/C(=N\C(O)N/N=C/c3ccc(-c4ncn(-c5ccc(OC(F)(F)F)cc5)n4)cc3)N2c2ccccc21. The molecule has 0 aliphatic carbocycles. The van der Waals surface area contributed by atoms with Crippen molar-refractivity contribution in [2.45, 2.75) is 25.6 Å². The van der Waals surface area contributed by atoms with E-state index in [0.717, 1.165) is 28.3 Å². The second-order valence-electron chi connectivity index (χ2n) is 9.48. The molecule has 13 heteroatoms. The molecule has 2 atom stereocenters. The number of anilines is 1. The number of alkyl halides is 3. The maximum absolute atomic E-state index is 12.4. The fourth-order valence-corrected chi connectivity index (χ4v) is 5.69. The Hall–Kier alpha value is -4.62. The van der Waals surface area contributed by atoms with Gasteiger partial charge in [-0.05, 0) is 41.5 Å². The summed E-state index contributed by atoms with van der Waals surface area (Å²) in [5.74, 6) is 1.23. The lowest BCUT2D eigenvalue weighted by Gasteiger charge is -2.29. The number of aromatic nitrogens is 3. The molecule has 0 amide bonds. The molecule has 9 nitrogen and oxygen atoms in total. The molecule has 2 unspecified atom stereocenters. The number of ether oxygens (including phenoxy) is 1. The van der Waals surface area contributed by atoms with E-state index in [0.29, 0.717) is 22.6 Å². The molecule has 2 aliphatic rings. The second kappa shape index (κ2) is 11.3. The molecule has 1 saturated heterocycles. The lowest BCUT2D eigenvalue weighted by Crippen LogP contribution is -2.30. The number of thioether (sulfide) groups is 1. The van der Waals surface area contributed by atoms with E-state index >= 15 is 0 Å². The third-order valence-corrected chi connectivity index (χ3v) is 7.56. The van der Waals surface area contributed by atoms with Crippen molar-refractivity contribution in [3.05, 3.63) is 102 Å². The molecule has 1 fully saturated rings. The predicted octanol–water partition coefficient (Wildman–Crippen LogP) is 5.64. The topological polar surface area (TPSA) is 100 Å². The zero-order valence-electron chi connectivity index (χ0n) is 22.1. The van der Waals surface area contributed by atoms with Crippen LogP contribution in [0.2, 0.25) is 0 Å². The molecule has 0 spiro atoms. The third kappa shape index (κ3) is 6.02. The first kappa shape index (κ1) is 27.5. The van der Waals surface area contributed by atoms with Crippen molar-refractivity contribution in [2.24, 2.45) is 10.1 Å². The summed E-state index contributed by atoms with van der Waals surface area (Å²) in [6, 6.07) is 20.8. The van der Waals surface area contributed by atoms with Gasteiger partial charge in [-0.1, -0.05) is 67.2 Å². The minimum absolute atomic E-state index is 0.315. The van der Waals surface area contributed by atoms with E-state index in [2.05, 4.69) is 60.4 Å². The number of nitrogens with zero attached hydrogens (tertiary/aromatic N) is 6. The summed E-state index contributed by atoms with van der Waals surface area (Å²) in [4.78, 5) is 10.8. The van der Waals surface area contributed by atoms with Crippen LogP contribution in [0.3, 0.4) is 0 Å². The Morgan fingerprint density at radius 1 is 1.10 bits per heavy atom. The number of nitrogens with one attached hydrogen (secondary N) is 1. The highest BCUT2D eigenvalue weighted by molar-refractivity contribution is 8.14. The summed E-state index contributed by atoms with van der Waals surface area (Å²) in [7, 11) is 0. The zero-order chi connectivity index (χ0) is 29.3. The number of halogens is 3. The van der Waals surface area contributed by atoms with E-state index in [1.165, 1.54) is 40.8 Å². The number of benzene rings is 3. The van der Waals surface area contributed by atoms with Gasteiger partial charge in [0.05, 0.1) is 17.6 Å². The molecule has 2 N–H and O–H groups in total. The maximum atomic E-state index is 12.4. The van der Waals surface area contributed by atoms with Crippen molar-refractivity contribution in [3.63, 3.8) is 0 Å². The van der Waals surface area contributed by atoms with Gasteiger partial charge in [0.25, 0.3) is 0 Å². The normalized spacial score (nSPS) is 18.1. The van der Waals surface area contributed by atoms with Crippen molar-refractivity contribution in [2.75, 3.05) is 10.7 Å². The van der Waals surface area contributed by atoms with E-state index in [4.69, 9.17) is 0 Å². The largest absolute Gasteiger partial charge is 0.573 e. The predicted molar refractivity (Wildman–Crippen MR) is 156 cm³/mol. The third-order valence-electron chi connectivity index (χ3n) is 6.57. The van der Waals surface area contributed by atoms with Gasteiger partial charge in [0.15, 0.2) is 11.0 Å². The highest BCUT2D eigenvalue weighted by Gasteiger charge is 2.33. The first-order chi connectivity index (χ1) is 20.2. The number of para-hydroxylation sites is 1. The highest BCUT2D eigenvalue weighted by Crippen LogP contribution is 2.42. The minimum atomic E-state index is -4.75. The van der Waals surface area contributed by atoms with Crippen molar-refractivity contribution in [1.82, 2.24) is 20.2 Å². The molecule has 42 heavy (non-hydrogen) atoms. The molecule has 0 radical (unpaired) electrons. The quantitative estimate of drug-likeness (QED) is 0.163. The molecule has 0 bridgehead atoms. The standard InChI is InChI=1S/C29H24F3N7O2S/c1-18-14-22-16-42-28(39(22)25-5-3-2-4-24(18)25)35-27(40)36-34-15-19-6-8-20(9-7-19)26-33-17-38(37-26)21-10-12-23(13-11-21)41-29(30,31)32/h2-15,17-18,27,36,40H,16H2,1H3/b34-15+,35-28-. The Morgan fingerprint density at radius 2 is 1.86 bits per heavy atom. The number of rotatable bonds is 7. The van der Waals surface area contributed by atoms with Gasteiger partial charge in [0.2, 0.25) is 6.35 Å². The van der Waals surface area contributed by atoms with E-state index in [-0.39, 0.29) is 5.75 Å². The van der Waals surface area contributed by atoms with E-state index in [1.807, 2.05) is 36.4 Å². The average molecular weight is 592 g/mol. The molecular formula is C29H24F3N7O2S. The minimum Gasteiger partial charge on any atom is -0.406 e. The van der Waals surface area contributed by atoms with Crippen LogP contribution in [0.15, 0.2) is 101 Å². The van der Waals surface area contributed by atoms with Crippen molar-refractivity contribution < 1.29 is 23.0 Å². The van der Waals surface area contributed by atoms with Crippen LogP contribution in [0.1, 0.15) is 24.0 Å². The van der Waals surface area contributed by atoms with Crippen LogP contribution in [0.5, 0.6) is 5.75 Å². The lowest BCUT2D eigenvalue weighted by atomic mass is 9.94. The van der Waals surface area contributed by atoms with E-state index in [9.17, 15) is 18.3 Å². The fourth-order valence-electron chi connectivity index (χ4n) is 4.67. The first-order valence-electron chi connectivity index (χ1n) is 12.9. The number of hydrazone groups is 1. The molecular weight excluding hydrogens is 567 g/mol. The van der Waals surface area contributed by atoms with Gasteiger partial charge in [-0.2, -0.15) is 5.10 Å². The molecule has 0 saturated carbocycles. The monoisotopic (exact) mass is 591 g/mol. The molecule has 2 aliphatic heterocycles. The van der Waals surface area contributed by atoms with Gasteiger partial charge in [-0.25, -0.2) is 14.7 Å². The summed E-state index contributed by atoms with van der Waals surface area (Å²) in [6.45, 7) is 2.17. The maximum Gasteiger partial charge on any atom is 0.573 e. The average Bonchev–Trinajstić information content (AvgIpc) is 3.61. The van der Waals surface area contributed by atoms with Gasteiger partial charge in [-0.15, -0.1) is 18.3 Å². The summed E-state index contributed by atoms with van der Waals surface area (Å²) in [5, 5.41) is 19.7. The zero-order valence-corrected chi connectivity index (χ0v) is 22.9. The van der Waals surface area contributed by atoms with Crippen molar-refractivity contribution in [1.29, 1.82) is 0 Å². The second-order valence-corrected chi connectivity index (χ2v) is 10.4. The van der Waals surface area contributed by atoms with E-state index < -0.39 is 12.7 Å². The Balaban J connectivity index is 1.07. The molecule has 6 rings (SSSR count). The van der Waals surface area contributed by atoms with Crippen LogP contribution in [0.4, 0.5) is 18.9 Å². The smallest absolute Gasteiger partial charge is 0.406 e. The number of fused-ring (bicyclic) bond motifs is 3. The number of hydrogen-bond acceptors (Lipinski definition) is 8. The van der Waals surface area contributed by atoms with Gasteiger partial charge in [0, 0.05) is 22.9 Å². The Labute approximate surface area is 243 Å². The summed E-state index contributed by atoms with van der Waals surface area (Å²) >= 11 is 1.57. The van der Waals surface area contributed by atoms with Crippen LogP contribution in [-0.2, 0) is 0 Å². The van der Waals surface area contributed by atoms with Crippen molar-refractivity contribution in [3.8, 4) is 22.8 Å². The fraction of sp³-hybridized carbons (Fsp3) is 0.172. The van der Waals surface area contributed by atoms with Crippen molar-refractivity contribution >= 4 is 28.8 Å². The number of amidine groups is 1. The number of hydrogen-bond donors (Lipinski definition) is 2. The molecule has 4 aromatic rings. The summed E-state index contributed by atoms with van der Waals surface area (Å²) in [6.07, 6.45) is -0.708.